The van der Waals surface area contributed by atoms with Crippen LogP contribution in [-0.4, -0.2) is 18.2 Å². The molecule has 0 aliphatic heterocycles. The minimum absolute atomic E-state index is 0.0751. The molecule has 0 atom stereocenters. The van der Waals surface area contributed by atoms with E-state index >= 15 is 0 Å². The number of aromatic nitrogens is 1. The highest BCUT2D eigenvalue weighted by Crippen LogP contribution is 2.21. The number of nitrogens with zero attached hydrogens (tertiary/aromatic N) is 1. The summed E-state index contributed by atoms with van der Waals surface area (Å²) in [7, 11) is 1.62. The molecule has 0 aliphatic carbocycles. The summed E-state index contributed by atoms with van der Waals surface area (Å²) in [5.74, 6) is 1.59. The van der Waals surface area contributed by atoms with Crippen molar-refractivity contribution in [3.8, 4) is 17.3 Å². The van der Waals surface area contributed by atoms with Crippen LogP contribution in [0.1, 0.15) is 17.7 Å². The monoisotopic (exact) mass is 327 g/mol. The molecule has 0 N–H and O–H groups in total. The van der Waals surface area contributed by atoms with Crippen LogP contribution in [0.25, 0.3) is 11.5 Å². The number of methoxy groups -OCH3 is 1. The predicted molar refractivity (Wildman–Crippen MR) is 85.3 cm³/mol. The largest absolute Gasteiger partial charge is 0.497 e. The molecule has 6 nitrogen and oxygen atoms in total. The van der Waals surface area contributed by atoms with Gasteiger partial charge in [0.25, 0.3) is 0 Å². The summed E-state index contributed by atoms with van der Waals surface area (Å²) >= 11 is 0. The Bertz CT molecular complexity index is 774. The van der Waals surface area contributed by atoms with E-state index < -0.39 is 0 Å². The van der Waals surface area contributed by atoms with Gasteiger partial charge >= 0.3 is 5.97 Å². The molecule has 0 unspecified atom stereocenters. The number of rotatable bonds is 7. The number of hydrogen-bond acceptors (Lipinski definition) is 6. The summed E-state index contributed by atoms with van der Waals surface area (Å²) in [4.78, 5) is 11.8. The van der Waals surface area contributed by atoms with E-state index in [-0.39, 0.29) is 12.6 Å². The van der Waals surface area contributed by atoms with E-state index in [4.69, 9.17) is 18.4 Å². The van der Waals surface area contributed by atoms with Crippen molar-refractivity contribution in [3.63, 3.8) is 0 Å². The molecule has 3 rings (SSSR count). The number of aryl methyl sites for hydroxylation is 1. The Balaban J connectivity index is 1.45. The van der Waals surface area contributed by atoms with Crippen LogP contribution in [0, 0.1) is 0 Å². The van der Waals surface area contributed by atoms with Gasteiger partial charge in [-0.05, 0) is 36.2 Å². The Morgan fingerprint density at radius 3 is 2.71 bits per heavy atom. The van der Waals surface area contributed by atoms with Gasteiger partial charge in [-0.3, -0.25) is 4.79 Å². The fourth-order valence-electron chi connectivity index (χ4n) is 2.18. The Kier molecular flexibility index (Phi) is 4.96. The lowest BCUT2D eigenvalue weighted by Crippen LogP contribution is -2.06. The molecule has 0 bridgehead atoms. The zero-order valence-corrected chi connectivity index (χ0v) is 13.2. The van der Waals surface area contributed by atoms with Crippen LogP contribution in [0.5, 0.6) is 5.75 Å². The van der Waals surface area contributed by atoms with Gasteiger partial charge in [-0.1, -0.05) is 17.3 Å². The number of carbonyl (C=O) groups excluding carboxylic acids is 1. The van der Waals surface area contributed by atoms with Crippen LogP contribution < -0.4 is 4.74 Å². The van der Waals surface area contributed by atoms with Gasteiger partial charge in [-0.2, -0.15) is 0 Å². The van der Waals surface area contributed by atoms with Crippen molar-refractivity contribution >= 4 is 5.97 Å². The highest BCUT2D eigenvalue weighted by atomic mass is 16.5. The highest BCUT2D eigenvalue weighted by Gasteiger charge is 2.11. The van der Waals surface area contributed by atoms with E-state index in [2.05, 4.69) is 5.16 Å². The van der Waals surface area contributed by atoms with Crippen molar-refractivity contribution < 1.29 is 23.2 Å². The van der Waals surface area contributed by atoms with E-state index in [9.17, 15) is 4.79 Å². The number of benzene rings is 1. The first-order chi connectivity index (χ1) is 11.7. The Morgan fingerprint density at radius 2 is 2.00 bits per heavy atom. The molecule has 6 heteroatoms. The topological polar surface area (TPSA) is 74.7 Å². The molecule has 0 fully saturated rings. The summed E-state index contributed by atoms with van der Waals surface area (Å²) in [6, 6.07) is 12.8. The van der Waals surface area contributed by atoms with Crippen molar-refractivity contribution in [2.75, 3.05) is 7.11 Å². The molecule has 0 saturated carbocycles. The fourth-order valence-corrected chi connectivity index (χ4v) is 2.18. The number of ether oxygens (including phenoxy) is 2. The van der Waals surface area contributed by atoms with E-state index in [1.165, 1.54) is 0 Å². The highest BCUT2D eigenvalue weighted by molar-refractivity contribution is 5.69. The Morgan fingerprint density at radius 1 is 1.17 bits per heavy atom. The van der Waals surface area contributed by atoms with Gasteiger partial charge in [0.2, 0.25) is 5.76 Å². The minimum Gasteiger partial charge on any atom is -0.497 e. The van der Waals surface area contributed by atoms with E-state index in [0.29, 0.717) is 30.1 Å². The van der Waals surface area contributed by atoms with Crippen molar-refractivity contribution in [1.29, 1.82) is 0 Å². The van der Waals surface area contributed by atoms with Crippen molar-refractivity contribution in [2.45, 2.75) is 19.4 Å². The van der Waals surface area contributed by atoms with Gasteiger partial charge in [-0.15, -0.1) is 0 Å². The third-order valence-electron chi connectivity index (χ3n) is 3.48. The number of hydrogen-bond donors (Lipinski definition) is 0. The SMILES string of the molecule is COc1ccc(CCC(=O)OCc2cc(-c3ccco3)on2)cc1. The molecular weight excluding hydrogens is 310 g/mol. The van der Waals surface area contributed by atoms with Crippen LogP contribution in [-0.2, 0) is 22.6 Å². The standard InChI is InChI=1S/C18H17NO5/c1-21-15-7-4-13(5-8-15)6-9-18(20)23-12-14-11-17(24-19-14)16-3-2-10-22-16/h2-5,7-8,10-11H,6,9,12H2,1H3. The first-order valence-corrected chi connectivity index (χ1v) is 7.52. The van der Waals surface area contributed by atoms with Crippen molar-refractivity contribution in [1.82, 2.24) is 5.16 Å². The van der Waals surface area contributed by atoms with Crippen molar-refractivity contribution in [2.24, 2.45) is 0 Å². The van der Waals surface area contributed by atoms with Gasteiger partial charge < -0.3 is 18.4 Å². The lowest BCUT2D eigenvalue weighted by molar-refractivity contribution is -0.145. The maximum absolute atomic E-state index is 11.8. The van der Waals surface area contributed by atoms with Gasteiger partial charge in [0, 0.05) is 12.5 Å². The predicted octanol–water partition coefficient (Wildman–Crippen LogP) is 3.62. The van der Waals surface area contributed by atoms with Gasteiger partial charge in [-0.25, -0.2) is 0 Å². The van der Waals surface area contributed by atoms with Gasteiger partial charge in [0.05, 0.1) is 13.4 Å². The zero-order valence-electron chi connectivity index (χ0n) is 13.2. The summed E-state index contributed by atoms with van der Waals surface area (Å²) in [6.07, 6.45) is 2.46. The molecule has 0 amide bonds. The molecule has 0 radical (unpaired) electrons. The van der Waals surface area contributed by atoms with Gasteiger partial charge in [0.1, 0.15) is 18.1 Å². The number of esters is 1. The Labute approximate surface area is 139 Å². The first-order valence-electron chi connectivity index (χ1n) is 7.52. The van der Waals surface area contributed by atoms with E-state index in [1.54, 1.807) is 31.6 Å². The lowest BCUT2D eigenvalue weighted by atomic mass is 10.1. The lowest BCUT2D eigenvalue weighted by Gasteiger charge is -2.04. The molecule has 0 spiro atoms. The second-order valence-corrected chi connectivity index (χ2v) is 5.17. The molecular formula is C18H17NO5. The molecule has 2 heterocycles. The zero-order chi connectivity index (χ0) is 16.8. The molecule has 0 aliphatic rings. The number of furan rings is 1. The molecule has 3 aromatic rings. The summed E-state index contributed by atoms with van der Waals surface area (Å²) in [5, 5.41) is 3.86. The third kappa shape index (κ3) is 4.04. The summed E-state index contributed by atoms with van der Waals surface area (Å²) in [5.41, 5.74) is 1.59. The third-order valence-corrected chi connectivity index (χ3v) is 3.48. The summed E-state index contributed by atoms with van der Waals surface area (Å²) < 4.78 is 20.7. The molecule has 1 aromatic carbocycles. The van der Waals surface area contributed by atoms with E-state index in [1.807, 2.05) is 24.3 Å². The average Bonchev–Trinajstić information content (AvgIpc) is 3.29. The maximum atomic E-state index is 11.8. The molecule has 124 valence electrons. The number of carbonyl (C=O) groups is 1. The van der Waals surface area contributed by atoms with Crippen LogP contribution >= 0.6 is 0 Å². The normalized spacial score (nSPS) is 10.5. The van der Waals surface area contributed by atoms with Gasteiger partial charge in [0.15, 0.2) is 5.76 Å². The summed E-state index contributed by atoms with van der Waals surface area (Å²) in [6.45, 7) is 0.0751. The van der Waals surface area contributed by atoms with Crippen LogP contribution in [0.3, 0.4) is 0 Å². The minimum atomic E-state index is -0.284. The van der Waals surface area contributed by atoms with Crippen LogP contribution in [0.2, 0.25) is 0 Å². The molecule has 0 saturated heterocycles. The molecule has 2 aromatic heterocycles. The van der Waals surface area contributed by atoms with E-state index in [0.717, 1.165) is 11.3 Å². The van der Waals surface area contributed by atoms with Crippen LogP contribution in [0.15, 0.2) is 57.7 Å². The fraction of sp³-hybridized carbons (Fsp3) is 0.222. The quantitative estimate of drug-likeness (QED) is 0.617. The average molecular weight is 327 g/mol. The second-order valence-electron chi connectivity index (χ2n) is 5.17. The maximum Gasteiger partial charge on any atom is 0.306 e. The molecule has 24 heavy (non-hydrogen) atoms. The van der Waals surface area contributed by atoms with Crippen molar-refractivity contribution in [3.05, 3.63) is 60.0 Å². The smallest absolute Gasteiger partial charge is 0.306 e. The first kappa shape index (κ1) is 15.9. The van der Waals surface area contributed by atoms with Crippen LogP contribution in [0.4, 0.5) is 0 Å². The second kappa shape index (κ2) is 7.50. The Hall–Kier alpha value is -3.02.